The van der Waals surface area contributed by atoms with Gasteiger partial charge in [-0.25, -0.2) is 9.37 Å². The van der Waals surface area contributed by atoms with Gasteiger partial charge in [0.25, 0.3) is 0 Å². The minimum atomic E-state index is -0.279. The Labute approximate surface area is 156 Å². The van der Waals surface area contributed by atoms with Gasteiger partial charge in [-0.2, -0.15) is 9.61 Å². The van der Waals surface area contributed by atoms with Crippen LogP contribution in [0.4, 0.5) is 10.2 Å². The Morgan fingerprint density at radius 2 is 1.67 bits per heavy atom. The van der Waals surface area contributed by atoms with Crippen LogP contribution in [0.1, 0.15) is 6.42 Å². The van der Waals surface area contributed by atoms with E-state index in [2.05, 4.69) is 10.4 Å². The van der Waals surface area contributed by atoms with E-state index in [1.165, 1.54) is 12.1 Å². The number of anilines is 1. The molecule has 0 aliphatic heterocycles. The summed E-state index contributed by atoms with van der Waals surface area (Å²) in [6.45, 7) is 0.738. The lowest BCUT2D eigenvalue weighted by atomic mass is 10.1. The first kappa shape index (κ1) is 17.2. The molecule has 0 bridgehead atoms. The first-order valence-electron chi connectivity index (χ1n) is 8.81. The third kappa shape index (κ3) is 3.66. The van der Waals surface area contributed by atoms with Gasteiger partial charge in [-0.1, -0.05) is 30.3 Å². The zero-order valence-electron chi connectivity index (χ0n) is 14.6. The molecule has 0 atom stereocenters. The molecule has 0 fully saturated rings. The van der Waals surface area contributed by atoms with Crippen molar-refractivity contribution in [2.24, 2.45) is 0 Å². The number of hydrogen-bond acceptors (Lipinski definition) is 4. The number of aromatic nitrogens is 3. The van der Waals surface area contributed by atoms with Crippen molar-refractivity contribution in [3.8, 4) is 22.5 Å². The van der Waals surface area contributed by atoms with E-state index in [1.54, 1.807) is 16.6 Å². The maximum absolute atomic E-state index is 13.2. The topological polar surface area (TPSA) is 62.5 Å². The summed E-state index contributed by atoms with van der Waals surface area (Å²) in [4.78, 5) is 4.74. The summed E-state index contributed by atoms with van der Waals surface area (Å²) >= 11 is 0. The maximum atomic E-state index is 13.2. The van der Waals surface area contributed by atoms with Gasteiger partial charge in [0, 0.05) is 36.4 Å². The van der Waals surface area contributed by atoms with Gasteiger partial charge in [0.2, 0.25) is 0 Å². The lowest BCUT2D eigenvalue weighted by Gasteiger charge is -2.10. The summed E-state index contributed by atoms with van der Waals surface area (Å²) < 4.78 is 15.0. The van der Waals surface area contributed by atoms with Crippen molar-refractivity contribution in [2.45, 2.75) is 6.42 Å². The van der Waals surface area contributed by atoms with Crippen LogP contribution in [0.5, 0.6) is 0 Å². The molecule has 2 aromatic carbocycles. The highest BCUT2D eigenvalue weighted by atomic mass is 19.1. The van der Waals surface area contributed by atoms with Gasteiger partial charge < -0.3 is 10.4 Å². The highest BCUT2D eigenvalue weighted by Gasteiger charge is 2.12. The third-order valence-electron chi connectivity index (χ3n) is 4.28. The zero-order valence-corrected chi connectivity index (χ0v) is 14.6. The molecule has 4 aromatic rings. The van der Waals surface area contributed by atoms with Crippen LogP contribution in [0.25, 0.3) is 28.2 Å². The molecule has 27 heavy (non-hydrogen) atoms. The first-order valence-corrected chi connectivity index (χ1v) is 8.81. The molecule has 0 aliphatic rings. The van der Waals surface area contributed by atoms with Crippen LogP contribution < -0.4 is 5.32 Å². The summed E-state index contributed by atoms with van der Waals surface area (Å²) in [5.41, 5.74) is 4.08. The highest BCUT2D eigenvalue weighted by Crippen LogP contribution is 2.26. The van der Waals surface area contributed by atoms with Crippen molar-refractivity contribution in [1.29, 1.82) is 0 Å². The third-order valence-corrected chi connectivity index (χ3v) is 4.28. The van der Waals surface area contributed by atoms with Crippen LogP contribution in [0.2, 0.25) is 0 Å². The molecule has 2 heterocycles. The van der Waals surface area contributed by atoms with Crippen molar-refractivity contribution in [1.82, 2.24) is 14.6 Å². The number of nitrogens with one attached hydrogen (secondary N) is 1. The fourth-order valence-corrected chi connectivity index (χ4v) is 2.91. The van der Waals surface area contributed by atoms with E-state index in [0.717, 1.165) is 28.3 Å². The van der Waals surface area contributed by atoms with Gasteiger partial charge in [-0.3, -0.25) is 0 Å². The standard InChI is InChI=1S/C21H19FN4O/c22-17-9-7-16(8-10-17)19-14-21-24-18(15-5-2-1-3-6-15)13-20(26(21)25-19)23-11-4-12-27/h1-3,5-10,13-14,23,27H,4,11-12H2. The molecule has 0 spiro atoms. The fraction of sp³-hybridized carbons (Fsp3) is 0.143. The summed E-state index contributed by atoms with van der Waals surface area (Å²) in [7, 11) is 0. The lowest BCUT2D eigenvalue weighted by molar-refractivity contribution is 0.292. The monoisotopic (exact) mass is 362 g/mol. The number of benzene rings is 2. The fourth-order valence-electron chi connectivity index (χ4n) is 2.91. The number of fused-ring (bicyclic) bond motifs is 1. The molecule has 5 nitrogen and oxygen atoms in total. The van der Waals surface area contributed by atoms with Gasteiger partial charge in [0.1, 0.15) is 11.6 Å². The lowest BCUT2D eigenvalue weighted by Crippen LogP contribution is -2.09. The highest BCUT2D eigenvalue weighted by molar-refractivity contribution is 5.70. The van der Waals surface area contributed by atoms with Gasteiger partial charge >= 0.3 is 0 Å². The van der Waals surface area contributed by atoms with Crippen LogP contribution in [-0.2, 0) is 0 Å². The van der Waals surface area contributed by atoms with E-state index in [-0.39, 0.29) is 12.4 Å². The van der Waals surface area contributed by atoms with Crippen molar-refractivity contribution in [2.75, 3.05) is 18.5 Å². The first-order chi connectivity index (χ1) is 13.2. The second-order valence-corrected chi connectivity index (χ2v) is 6.20. The summed E-state index contributed by atoms with van der Waals surface area (Å²) in [5, 5.41) is 17.0. The summed E-state index contributed by atoms with van der Waals surface area (Å²) in [5.74, 6) is 0.513. The molecular formula is C21H19FN4O. The van der Waals surface area contributed by atoms with Gasteiger partial charge in [-0.15, -0.1) is 0 Å². The van der Waals surface area contributed by atoms with Crippen LogP contribution >= 0.6 is 0 Å². The molecule has 2 N–H and O–H groups in total. The van der Waals surface area contributed by atoms with E-state index < -0.39 is 0 Å². The molecule has 2 aromatic heterocycles. The number of nitrogens with zero attached hydrogens (tertiary/aromatic N) is 3. The smallest absolute Gasteiger partial charge is 0.158 e. The Kier molecular flexibility index (Phi) is 4.80. The van der Waals surface area contributed by atoms with E-state index in [0.29, 0.717) is 18.6 Å². The van der Waals surface area contributed by atoms with E-state index in [4.69, 9.17) is 10.1 Å². The summed E-state index contributed by atoms with van der Waals surface area (Å²) in [6.07, 6.45) is 0.635. The van der Waals surface area contributed by atoms with E-state index >= 15 is 0 Å². The Morgan fingerprint density at radius 1 is 0.926 bits per heavy atom. The van der Waals surface area contributed by atoms with E-state index in [1.807, 2.05) is 42.5 Å². The predicted molar refractivity (Wildman–Crippen MR) is 104 cm³/mol. The van der Waals surface area contributed by atoms with Crippen molar-refractivity contribution >= 4 is 11.5 Å². The minimum absolute atomic E-state index is 0.118. The zero-order chi connectivity index (χ0) is 18.6. The minimum Gasteiger partial charge on any atom is -0.396 e. The average Bonchev–Trinajstić information content (AvgIpc) is 3.14. The SMILES string of the molecule is OCCCNc1cc(-c2ccccc2)nc2cc(-c3ccc(F)cc3)nn12. The summed E-state index contributed by atoms with van der Waals surface area (Å²) in [6, 6.07) is 20.0. The van der Waals surface area contributed by atoms with Gasteiger partial charge in [0.15, 0.2) is 5.65 Å². The van der Waals surface area contributed by atoms with Crippen LogP contribution in [0.15, 0.2) is 66.7 Å². The number of halogens is 1. The molecule has 0 saturated carbocycles. The quantitative estimate of drug-likeness (QED) is 0.509. The largest absolute Gasteiger partial charge is 0.396 e. The van der Waals surface area contributed by atoms with Crippen LogP contribution in [0, 0.1) is 5.82 Å². The Morgan fingerprint density at radius 3 is 2.41 bits per heavy atom. The number of hydrogen-bond donors (Lipinski definition) is 2. The Hall–Kier alpha value is -3.25. The normalized spacial score (nSPS) is 11.0. The van der Waals surface area contributed by atoms with Crippen molar-refractivity contribution < 1.29 is 9.50 Å². The molecular weight excluding hydrogens is 343 g/mol. The molecule has 0 amide bonds. The number of aliphatic hydroxyl groups excluding tert-OH is 1. The van der Waals surface area contributed by atoms with Crippen LogP contribution in [0.3, 0.4) is 0 Å². The van der Waals surface area contributed by atoms with E-state index in [9.17, 15) is 4.39 Å². The molecule has 4 rings (SSSR count). The molecule has 0 radical (unpaired) electrons. The number of rotatable bonds is 6. The molecule has 6 heteroatoms. The second kappa shape index (κ2) is 7.55. The van der Waals surface area contributed by atoms with Crippen LogP contribution in [-0.4, -0.2) is 32.9 Å². The second-order valence-electron chi connectivity index (χ2n) is 6.20. The molecule has 136 valence electrons. The Balaban J connectivity index is 1.81. The van der Waals surface area contributed by atoms with Crippen molar-refractivity contribution in [3.63, 3.8) is 0 Å². The van der Waals surface area contributed by atoms with Crippen molar-refractivity contribution in [3.05, 3.63) is 72.5 Å². The van der Waals surface area contributed by atoms with Gasteiger partial charge in [-0.05, 0) is 30.7 Å². The Bertz CT molecular complexity index is 1050. The molecule has 0 unspecified atom stereocenters. The maximum Gasteiger partial charge on any atom is 0.158 e. The predicted octanol–water partition coefficient (Wildman–Crippen LogP) is 4.00. The van der Waals surface area contributed by atoms with Gasteiger partial charge in [0.05, 0.1) is 11.4 Å². The molecule has 0 saturated heterocycles. The number of aliphatic hydroxyl groups is 1. The average molecular weight is 362 g/mol. The molecule has 0 aliphatic carbocycles.